The first-order valence-corrected chi connectivity index (χ1v) is 6.29. The minimum Gasteiger partial charge on any atom is -0.394 e. The average molecular weight is 306 g/mol. The maximum absolute atomic E-state index is 13.9. The Bertz CT molecular complexity index is 438. The molecule has 0 saturated carbocycles. The van der Waals surface area contributed by atoms with E-state index >= 15 is 0 Å². The van der Waals surface area contributed by atoms with Crippen molar-refractivity contribution in [3.63, 3.8) is 0 Å². The Morgan fingerprint density at radius 3 is 2.14 bits per heavy atom. The van der Waals surface area contributed by atoms with Gasteiger partial charge in [0.15, 0.2) is 6.17 Å². The van der Waals surface area contributed by atoms with E-state index in [4.69, 9.17) is 10.2 Å². The number of nitrogens with zero attached hydrogens (tertiary/aromatic N) is 2. The van der Waals surface area contributed by atoms with Crippen molar-refractivity contribution in [1.29, 1.82) is 0 Å². The highest BCUT2D eigenvalue weighted by atomic mass is 19.1. The minimum absolute atomic E-state index is 0.140. The van der Waals surface area contributed by atoms with E-state index in [1.807, 2.05) is 0 Å². The third-order valence-electron chi connectivity index (χ3n) is 2.92. The van der Waals surface area contributed by atoms with Gasteiger partial charge in [-0.25, -0.2) is 4.39 Å². The predicted octanol–water partition coefficient (Wildman–Crippen LogP) is -2.54. The van der Waals surface area contributed by atoms with Gasteiger partial charge in [0.25, 0.3) is 0 Å². The van der Waals surface area contributed by atoms with Gasteiger partial charge in [0.1, 0.15) is 18.3 Å². The zero-order valence-corrected chi connectivity index (χ0v) is 11.1. The largest absolute Gasteiger partial charge is 0.394 e. The van der Waals surface area contributed by atoms with E-state index in [2.05, 4.69) is 9.97 Å². The number of aliphatic hydroxyl groups is 6. The molecule has 0 aliphatic carbocycles. The Labute approximate surface area is 120 Å². The molecular formula is C12H19FN2O6. The molecule has 1 aromatic rings. The van der Waals surface area contributed by atoms with Crippen molar-refractivity contribution in [2.75, 3.05) is 13.2 Å². The second-order valence-electron chi connectivity index (χ2n) is 4.60. The number of hydrogen-bond acceptors (Lipinski definition) is 8. The molecule has 1 rings (SSSR count). The van der Waals surface area contributed by atoms with Crippen LogP contribution in [0.4, 0.5) is 4.39 Å². The summed E-state index contributed by atoms with van der Waals surface area (Å²) in [6.45, 7) is -1.45. The van der Waals surface area contributed by atoms with Crippen molar-refractivity contribution in [2.24, 2.45) is 0 Å². The molecule has 0 bridgehead atoms. The molecule has 0 aliphatic rings. The van der Waals surface area contributed by atoms with Crippen LogP contribution in [-0.2, 0) is 6.42 Å². The summed E-state index contributed by atoms with van der Waals surface area (Å²) in [5.74, 6) is 0. The van der Waals surface area contributed by atoms with E-state index in [0.29, 0.717) is 0 Å². The molecule has 120 valence electrons. The van der Waals surface area contributed by atoms with Crippen molar-refractivity contribution in [1.82, 2.24) is 9.97 Å². The molecule has 0 aliphatic heterocycles. The Kier molecular flexibility index (Phi) is 7.02. The van der Waals surface area contributed by atoms with Crippen molar-refractivity contribution in [3.05, 3.63) is 23.8 Å². The summed E-state index contributed by atoms with van der Waals surface area (Å²) in [5.41, 5.74) is -0.140. The molecule has 0 aromatic carbocycles. The predicted molar refractivity (Wildman–Crippen MR) is 67.8 cm³/mol. The molecule has 6 N–H and O–H groups in total. The molecule has 9 heteroatoms. The smallest absolute Gasteiger partial charge is 0.172 e. The number of aliphatic hydroxyl groups excluding tert-OH is 6. The Morgan fingerprint density at radius 2 is 1.57 bits per heavy atom. The maximum atomic E-state index is 13.9. The van der Waals surface area contributed by atoms with Crippen molar-refractivity contribution in [3.8, 4) is 0 Å². The summed E-state index contributed by atoms with van der Waals surface area (Å²) in [6, 6.07) is 0. The Balaban J connectivity index is 2.80. The lowest BCUT2D eigenvalue weighted by atomic mass is 10.1. The molecule has 21 heavy (non-hydrogen) atoms. The van der Waals surface area contributed by atoms with Crippen molar-refractivity contribution < 1.29 is 35.0 Å². The summed E-state index contributed by atoms with van der Waals surface area (Å²) >= 11 is 0. The van der Waals surface area contributed by atoms with Gasteiger partial charge in [-0.3, -0.25) is 9.97 Å². The topological polar surface area (TPSA) is 147 Å². The third kappa shape index (κ3) is 4.92. The fraction of sp³-hybridized carbons (Fsp3) is 0.667. The second kappa shape index (κ2) is 8.27. The van der Waals surface area contributed by atoms with Gasteiger partial charge in [0, 0.05) is 12.6 Å². The van der Waals surface area contributed by atoms with Crippen LogP contribution < -0.4 is 0 Å². The SMILES string of the molecule is OCC(O)C(O)Cc1cncc(C(F)C(O)C(O)CO)n1. The lowest BCUT2D eigenvalue weighted by Gasteiger charge is -2.20. The van der Waals surface area contributed by atoms with E-state index in [9.17, 15) is 24.8 Å². The fourth-order valence-corrected chi connectivity index (χ4v) is 1.60. The Morgan fingerprint density at radius 1 is 0.952 bits per heavy atom. The Hall–Kier alpha value is -1.23. The highest BCUT2D eigenvalue weighted by molar-refractivity contribution is 5.09. The van der Waals surface area contributed by atoms with E-state index in [-0.39, 0.29) is 17.8 Å². The minimum atomic E-state index is -2.07. The third-order valence-corrected chi connectivity index (χ3v) is 2.92. The van der Waals surface area contributed by atoms with Gasteiger partial charge in [0.2, 0.25) is 0 Å². The van der Waals surface area contributed by atoms with Crippen LogP contribution in [0.2, 0.25) is 0 Å². The van der Waals surface area contributed by atoms with E-state index in [1.165, 1.54) is 6.20 Å². The first-order chi connectivity index (χ1) is 9.90. The lowest BCUT2D eigenvalue weighted by molar-refractivity contribution is -0.0538. The van der Waals surface area contributed by atoms with E-state index in [0.717, 1.165) is 6.20 Å². The first kappa shape index (κ1) is 17.8. The monoisotopic (exact) mass is 306 g/mol. The molecule has 0 fully saturated rings. The van der Waals surface area contributed by atoms with Gasteiger partial charge >= 0.3 is 0 Å². The van der Waals surface area contributed by atoms with E-state index < -0.39 is 43.8 Å². The molecular weight excluding hydrogens is 287 g/mol. The molecule has 1 aromatic heterocycles. The summed E-state index contributed by atoms with van der Waals surface area (Å²) in [4.78, 5) is 7.52. The van der Waals surface area contributed by atoms with Gasteiger partial charge < -0.3 is 30.6 Å². The molecule has 0 saturated heterocycles. The fourth-order valence-electron chi connectivity index (χ4n) is 1.60. The number of alkyl halides is 1. The molecule has 1 heterocycles. The summed E-state index contributed by atoms with van der Waals surface area (Å²) in [6.07, 6.45) is -6.16. The first-order valence-electron chi connectivity index (χ1n) is 6.29. The summed E-state index contributed by atoms with van der Waals surface area (Å²) < 4.78 is 13.9. The highest BCUT2D eigenvalue weighted by Crippen LogP contribution is 2.21. The zero-order chi connectivity index (χ0) is 16.0. The lowest BCUT2D eigenvalue weighted by Crippen LogP contribution is -2.34. The molecule has 0 radical (unpaired) electrons. The van der Waals surface area contributed by atoms with Gasteiger partial charge in [-0.05, 0) is 0 Å². The molecule has 5 atom stereocenters. The van der Waals surface area contributed by atoms with Crippen LogP contribution in [0.3, 0.4) is 0 Å². The number of rotatable bonds is 8. The van der Waals surface area contributed by atoms with Crippen LogP contribution in [0.5, 0.6) is 0 Å². The molecule has 0 spiro atoms. The quantitative estimate of drug-likeness (QED) is 0.308. The van der Waals surface area contributed by atoms with Gasteiger partial charge in [0.05, 0.1) is 36.9 Å². The van der Waals surface area contributed by atoms with Crippen LogP contribution in [0.25, 0.3) is 0 Å². The molecule has 8 nitrogen and oxygen atoms in total. The van der Waals surface area contributed by atoms with Gasteiger partial charge in [-0.15, -0.1) is 0 Å². The normalized spacial score (nSPS) is 18.8. The summed E-state index contributed by atoms with van der Waals surface area (Å²) in [7, 11) is 0. The number of halogens is 1. The molecule has 0 amide bonds. The second-order valence-corrected chi connectivity index (χ2v) is 4.60. The highest BCUT2D eigenvalue weighted by Gasteiger charge is 2.29. The van der Waals surface area contributed by atoms with Crippen LogP contribution in [0, 0.1) is 0 Å². The van der Waals surface area contributed by atoms with Crippen LogP contribution in [-0.4, -0.2) is 78.2 Å². The molecule has 5 unspecified atom stereocenters. The maximum Gasteiger partial charge on any atom is 0.172 e. The number of hydrogen-bond donors (Lipinski definition) is 6. The number of aromatic nitrogens is 2. The standard InChI is InChI=1S/C12H19FN2O6/c13-11(12(21)10(20)5-17)7-3-14-2-6(15-7)1-8(18)9(19)4-16/h2-3,8-12,16-21H,1,4-5H2. The summed E-state index contributed by atoms with van der Waals surface area (Å²) in [5, 5.41) is 54.8. The van der Waals surface area contributed by atoms with Crippen LogP contribution in [0.1, 0.15) is 17.6 Å². The van der Waals surface area contributed by atoms with Crippen LogP contribution in [0.15, 0.2) is 12.4 Å². The average Bonchev–Trinajstić information content (AvgIpc) is 2.51. The van der Waals surface area contributed by atoms with Gasteiger partial charge in [-0.1, -0.05) is 0 Å². The van der Waals surface area contributed by atoms with Crippen molar-refractivity contribution >= 4 is 0 Å². The van der Waals surface area contributed by atoms with Gasteiger partial charge in [-0.2, -0.15) is 0 Å². The van der Waals surface area contributed by atoms with Crippen molar-refractivity contribution in [2.45, 2.75) is 37.0 Å². The van der Waals surface area contributed by atoms with Crippen LogP contribution >= 0.6 is 0 Å². The zero-order valence-electron chi connectivity index (χ0n) is 11.1. The van der Waals surface area contributed by atoms with E-state index in [1.54, 1.807) is 0 Å².